The summed E-state index contributed by atoms with van der Waals surface area (Å²) in [7, 11) is 0. The van der Waals surface area contributed by atoms with Crippen LogP contribution in [0.15, 0.2) is 48.8 Å². The van der Waals surface area contributed by atoms with Gasteiger partial charge in [-0.3, -0.25) is 4.98 Å². The lowest BCUT2D eigenvalue weighted by atomic mass is 9.99. The van der Waals surface area contributed by atoms with Gasteiger partial charge in [-0.25, -0.2) is 0 Å². The molecular formula is C18H23ClN2. The van der Waals surface area contributed by atoms with Gasteiger partial charge in [-0.05, 0) is 61.6 Å². The van der Waals surface area contributed by atoms with E-state index in [0.29, 0.717) is 6.04 Å². The number of aromatic nitrogens is 1. The molecule has 0 aliphatic heterocycles. The molecule has 2 rings (SSSR count). The van der Waals surface area contributed by atoms with Crippen LogP contribution in [0.25, 0.3) is 0 Å². The minimum Gasteiger partial charge on any atom is -0.314 e. The Labute approximate surface area is 132 Å². The van der Waals surface area contributed by atoms with Crippen LogP contribution in [0.5, 0.6) is 0 Å². The molecule has 1 heterocycles. The summed E-state index contributed by atoms with van der Waals surface area (Å²) in [5.41, 5.74) is 2.59. The van der Waals surface area contributed by atoms with Crippen molar-refractivity contribution in [3.8, 4) is 0 Å². The van der Waals surface area contributed by atoms with Gasteiger partial charge in [-0.1, -0.05) is 36.7 Å². The van der Waals surface area contributed by atoms with Crippen molar-refractivity contribution in [1.29, 1.82) is 0 Å². The standard InChI is InChI=1S/C18H23ClN2/c1-2-10-21-18(9-8-15-6-4-11-20-14-15)13-16-5-3-7-17(19)12-16/h3-7,11-12,14,18,21H,2,8-10,13H2,1H3. The monoisotopic (exact) mass is 302 g/mol. The number of aryl methyl sites for hydroxylation is 1. The van der Waals surface area contributed by atoms with E-state index in [1.165, 1.54) is 11.1 Å². The van der Waals surface area contributed by atoms with Crippen LogP contribution in [0.1, 0.15) is 30.9 Å². The molecule has 0 aliphatic carbocycles. The van der Waals surface area contributed by atoms with Gasteiger partial charge in [0.05, 0.1) is 0 Å². The topological polar surface area (TPSA) is 24.9 Å². The number of rotatable bonds is 8. The van der Waals surface area contributed by atoms with Crippen LogP contribution in [-0.2, 0) is 12.8 Å². The Kier molecular flexibility index (Phi) is 6.71. The van der Waals surface area contributed by atoms with Gasteiger partial charge in [0.2, 0.25) is 0 Å². The zero-order valence-corrected chi connectivity index (χ0v) is 13.3. The zero-order chi connectivity index (χ0) is 14.9. The Morgan fingerprint density at radius 3 is 2.76 bits per heavy atom. The third-order valence-corrected chi connectivity index (χ3v) is 3.79. The fraction of sp³-hybridized carbons (Fsp3) is 0.389. The fourth-order valence-electron chi connectivity index (χ4n) is 2.46. The van der Waals surface area contributed by atoms with Crippen molar-refractivity contribution in [2.24, 2.45) is 0 Å². The summed E-state index contributed by atoms with van der Waals surface area (Å²) in [4.78, 5) is 4.18. The summed E-state index contributed by atoms with van der Waals surface area (Å²) in [6.07, 6.45) is 8.10. The van der Waals surface area contributed by atoms with Crippen molar-refractivity contribution in [2.75, 3.05) is 6.54 Å². The molecule has 1 N–H and O–H groups in total. The van der Waals surface area contributed by atoms with Crippen LogP contribution in [0.4, 0.5) is 0 Å². The molecule has 0 saturated carbocycles. The minimum atomic E-state index is 0.476. The van der Waals surface area contributed by atoms with Crippen molar-refractivity contribution >= 4 is 11.6 Å². The van der Waals surface area contributed by atoms with Crippen molar-refractivity contribution in [3.05, 3.63) is 64.9 Å². The van der Waals surface area contributed by atoms with Gasteiger partial charge in [0, 0.05) is 23.5 Å². The van der Waals surface area contributed by atoms with Gasteiger partial charge in [0.15, 0.2) is 0 Å². The molecular weight excluding hydrogens is 280 g/mol. The Hall–Kier alpha value is -1.38. The zero-order valence-electron chi connectivity index (χ0n) is 12.6. The van der Waals surface area contributed by atoms with E-state index in [4.69, 9.17) is 11.6 Å². The molecule has 0 aliphatic rings. The molecule has 0 bridgehead atoms. The van der Waals surface area contributed by atoms with Gasteiger partial charge in [-0.2, -0.15) is 0 Å². The first kappa shape index (κ1) is 16.0. The number of halogens is 1. The van der Waals surface area contributed by atoms with Gasteiger partial charge in [0.25, 0.3) is 0 Å². The second-order valence-electron chi connectivity index (χ2n) is 5.39. The van der Waals surface area contributed by atoms with E-state index in [9.17, 15) is 0 Å². The third kappa shape index (κ3) is 5.86. The number of hydrogen-bond acceptors (Lipinski definition) is 2. The van der Waals surface area contributed by atoms with Crippen LogP contribution < -0.4 is 5.32 Å². The van der Waals surface area contributed by atoms with E-state index in [1.807, 2.05) is 30.6 Å². The number of hydrogen-bond donors (Lipinski definition) is 1. The van der Waals surface area contributed by atoms with Crippen LogP contribution in [0.2, 0.25) is 5.02 Å². The Bertz CT molecular complexity index is 528. The normalized spacial score (nSPS) is 12.3. The SMILES string of the molecule is CCCNC(CCc1cccnc1)Cc1cccc(Cl)c1. The van der Waals surface area contributed by atoms with Gasteiger partial charge in [-0.15, -0.1) is 0 Å². The predicted octanol–water partition coefficient (Wildman–Crippen LogP) is 4.28. The van der Waals surface area contributed by atoms with Gasteiger partial charge in [0.1, 0.15) is 0 Å². The molecule has 112 valence electrons. The molecule has 2 aromatic rings. The van der Waals surface area contributed by atoms with Crippen molar-refractivity contribution in [1.82, 2.24) is 10.3 Å². The lowest BCUT2D eigenvalue weighted by Crippen LogP contribution is -2.32. The largest absolute Gasteiger partial charge is 0.314 e. The highest BCUT2D eigenvalue weighted by atomic mass is 35.5. The Morgan fingerprint density at radius 2 is 2.05 bits per heavy atom. The molecule has 0 saturated heterocycles. The van der Waals surface area contributed by atoms with Crippen molar-refractivity contribution in [2.45, 2.75) is 38.6 Å². The Morgan fingerprint density at radius 1 is 1.19 bits per heavy atom. The Balaban J connectivity index is 1.94. The molecule has 1 aromatic carbocycles. The van der Waals surface area contributed by atoms with Crippen molar-refractivity contribution in [3.63, 3.8) is 0 Å². The maximum Gasteiger partial charge on any atom is 0.0408 e. The van der Waals surface area contributed by atoms with E-state index in [-0.39, 0.29) is 0 Å². The van der Waals surface area contributed by atoms with Crippen LogP contribution in [0.3, 0.4) is 0 Å². The van der Waals surface area contributed by atoms with Crippen molar-refractivity contribution < 1.29 is 0 Å². The maximum absolute atomic E-state index is 6.08. The molecule has 3 heteroatoms. The average molecular weight is 303 g/mol. The summed E-state index contributed by atoms with van der Waals surface area (Å²) in [6.45, 7) is 3.25. The minimum absolute atomic E-state index is 0.476. The molecule has 21 heavy (non-hydrogen) atoms. The summed E-state index contributed by atoms with van der Waals surface area (Å²) in [5, 5.41) is 4.46. The van der Waals surface area contributed by atoms with E-state index >= 15 is 0 Å². The highest BCUT2D eigenvalue weighted by Gasteiger charge is 2.09. The van der Waals surface area contributed by atoms with E-state index in [2.05, 4.69) is 35.4 Å². The second-order valence-corrected chi connectivity index (χ2v) is 5.82. The first-order valence-electron chi connectivity index (χ1n) is 7.64. The summed E-state index contributed by atoms with van der Waals surface area (Å²) in [5.74, 6) is 0. The van der Waals surface area contributed by atoms with E-state index < -0.39 is 0 Å². The van der Waals surface area contributed by atoms with Crippen LogP contribution >= 0.6 is 11.6 Å². The number of pyridine rings is 1. The van der Waals surface area contributed by atoms with Gasteiger partial charge < -0.3 is 5.32 Å². The smallest absolute Gasteiger partial charge is 0.0408 e. The number of benzene rings is 1. The first-order chi connectivity index (χ1) is 10.3. The fourth-order valence-corrected chi connectivity index (χ4v) is 2.67. The molecule has 0 spiro atoms. The quantitative estimate of drug-likeness (QED) is 0.787. The molecule has 2 nitrogen and oxygen atoms in total. The molecule has 0 fully saturated rings. The number of nitrogens with zero attached hydrogens (tertiary/aromatic N) is 1. The average Bonchev–Trinajstić information content (AvgIpc) is 2.51. The molecule has 1 aromatic heterocycles. The lowest BCUT2D eigenvalue weighted by molar-refractivity contribution is 0.477. The first-order valence-corrected chi connectivity index (χ1v) is 8.02. The highest BCUT2D eigenvalue weighted by Crippen LogP contribution is 2.14. The molecule has 1 unspecified atom stereocenters. The molecule has 0 amide bonds. The lowest BCUT2D eigenvalue weighted by Gasteiger charge is -2.19. The van der Waals surface area contributed by atoms with Crippen LogP contribution in [0, 0.1) is 0 Å². The maximum atomic E-state index is 6.08. The van der Waals surface area contributed by atoms with Gasteiger partial charge >= 0.3 is 0 Å². The van der Waals surface area contributed by atoms with Crippen LogP contribution in [-0.4, -0.2) is 17.6 Å². The summed E-state index contributed by atoms with van der Waals surface area (Å²) < 4.78 is 0. The predicted molar refractivity (Wildman–Crippen MR) is 89.8 cm³/mol. The van der Waals surface area contributed by atoms with E-state index in [1.54, 1.807) is 0 Å². The molecule has 1 atom stereocenters. The number of nitrogens with one attached hydrogen (secondary N) is 1. The highest BCUT2D eigenvalue weighted by molar-refractivity contribution is 6.30. The molecule has 0 radical (unpaired) electrons. The summed E-state index contributed by atoms with van der Waals surface area (Å²) >= 11 is 6.08. The second kappa shape index (κ2) is 8.81. The summed E-state index contributed by atoms with van der Waals surface area (Å²) in [6, 6.07) is 12.8. The van der Waals surface area contributed by atoms with E-state index in [0.717, 1.165) is 37.3 Å². The third-order valence-electron chi connectivity index (χ3n) is 3.56.